The van der Waals surface area contributed by atoms with Gasteiger partial charge in [0.2, 0.25) is 11.8 Å². The van der Waals surface area contributed by atoms with E-state index in [9.17, 15) is 19.2 Å². The van der Waals surface area contributed by atoms with Crippen molar-refractivity contribution in [3.05, 3.63) is 91.0 Å². The molecule has 16 heteroatoms. The maximum absolute atomic E-state index is 15.8. The lowest BCUT2D eigenvalue weighted by Crippen LogP contribution is -2.51. The second-order valence-corrected chi connectivity index (χ2v) is 15.1. The Bertz CT molecular complexity index is 2380. The van der Waals surface area contributed by atoms with E-state index in [2.05, 4.69) is 37.1 Å². The van der Waals surface area contributed by atoms with Crippen molar-refractivity contribution in [3.63, 3.8) is 0 Å². The number of methoxy groups -OCH3 is 2. The SMILES string of the molecule is C=CCC(NC(=O)OC)C(=O)N1CCCC1c1ncc(-c2ccc3nc(-c4ccc(-c5cnc(C6CCCN6C(=O)C(NC(=O)OC)C(C)C)[nH]5)cc4F)ccc3c2)[nH]1. The largest absolute Gasteiger partial charge is 0.453 e. The van der Waals surface area contributed by atoms with Crippen LogP contribution in [0.4, 0.5) is 14.0 Å². The topological polar surface area (TPSA) is 188 Å². The number of fused-ring (bicyclic) bond motifs is 1. The maximum atomic E-state index is 15.8. The number of carbonyl (C=O) groups excluding carboxylic acids is 4. The van der Waals surface area contributed by atoms with Crippen molar-refractivity contribution in [1.29, 1.82) is 0 Å². The fourth-order valence-electron chi connectivity index (χ4n) is 7.94. The minimum atomic E-state index is -0.791. The number of amides is 4. The van der Waals surface area contributed by atoms with Crippen LogP contribution in [0.3, 0.4) is 0 Å². The van der Waals surface area contributed by atoms with Gasteiger partial charge < -0.3 is 39.9 Å². The van der Waals surface area contributed by atoms with Crippen LogP contribution in [-0.2, 0) is 19.1 Å². The molecule has 3 aromatic heterocycles. The molecule has 2 fully saturated rings. The number of alkyl carbamates (subject to hydrolysis) is 2. The molecule has 7 rings (SSSR count). The summed E-state index contributed by atoms with van der Waals surface area (Å²) in [5.41, 5.74) is 4.35. The summed E-state index contributed by atoms with van der Waals surface area (Å²) in [4.78, 5) is 75.0. The van der Waals surface area contributed by atoms with Gasteiger partial charge >= 0.3 is 12.2 Å². The van der Waals surface area contributed by atoms with Gasteiger partial charge in [0.05, 0.1) is 61.3 Å². The van der Waals surface area contributed by atoms with E-state index in [4.69, 9.17) is 14.5 Å². The first-order valence-corrected chi connectivity index (χ1v) is 19.7. The van der Waals surface area contributed by atoms with Crippen LogP contribution in [-0.4, -0.2) is 98.1 Å². The van der Waals surface area contributed by atoms with Gasteiger partial charge in [-0.25, -0.2) is 28.9 Å². The quantitative estimate of drug-likeness (QED) is 0.0981. The van der Waals surface area contributed by atoms with Crippen molar-refractivity contribution in [2.45, 2.75) is 70.1 Å². The molecule has 0 spiro atoms. The van der Waals surface area contributed by atoms with E-state index in [1.54, 1.807) is 46.5 Å². The van der Waals surface area contributed by atoms with Gasteiger partial charge in [-0.2, -0.15) is 0 Å². The average molecular weight is 806 g/mol. The lowest BCUT2D eigenvalue weighted by molar-refractivity contribution is -0.135. The molecule has 308 valence electrons. The van der Waals surface area contributed by atoms with Gasteiger partial charge in [0, 0.05) is 35.2 Å². The van der Waals surface area contributed by atoms with E-state index in [0.717, 1.165) is 35.9 Å². The third kappa shape index (κ3) is 8.52. The molecule has 5 aromatic rings. The van der Waals surface area contributed by atoms with Crippen LogP contribution in [0.25, 0.3) is 44.7 Å². The van der Waals surface area contributed by atoms with Gasteiger partial charge in [-0.15, -0.1) is 6.58 Å². The zero-order chi connectivity index (χ0) is 41.8. The van der Waals surface area contributed by atoms with Crippen LogP contribution in [0.1, 0.15) is 69.7 Å². The molecule has 0 bridgehead atoms. The molecular formula is C43H48FN9O6. The molecule has 2 saturated heterocycles. The first kappa shape index (κ1) is 40.6. The van der Waals surface area contributed by atoms with E-state index in [0.29, 0.717) is 59.2 Å². The number of carbonyl (C=O) groups is 4. The Morgan fingerprint density at radius 1 is 0.847 bits per heavy atom. The summed E-state index contributed by atoms with van der Waals surface area (Å²) in [6.45, 7) is 8.51. The predicted octanol–water partition coefficient (Wildman–Crippen LogP) is 6.83. The number of aromatic nitrogens is 5. The van der Waals surface area contributed by atoms with E-state index < -0.39 is 30.1 Å². The number of hydrogen-bond donors (Lipinski definition) is 4. The van der Waals surface area contributed by atoms with Crippen molar-refractivity contribution < 1.29 is 33.0 Å². The van der Waals surface area contributed by atoms with Crippen LogP contribution < -0.4 is 10.6 Å². The molecule has 4 atom stereocenters. The second kappa shape index (κ2) is 17.5. The van der Waals surface area contributed by atoms with Gasteiger partial charge in [0.25, 0.3) is 0 Å². The van der Waals surface area contributed by atoms with Crippen molar-refractivity contribution in [3.8, 4) is 33.8 Å². The minimum Gasteiger partial charge on any atom is -0.453 e. The van der Waals surface area contributed by atoms with Crippen molar-refractivity contribution >= 4 is 34.9 Å². The molecule has 59 heavy (non-hydrogen) atoms. The molecule has 4 N–H and O–H groups in total. The summed E-state index contributed by atoms with van der Waals surface area (Å²) in [6, 6.07) is 12.3. The number of hydrogen-bond acceptors (Lipinski definition) is 9. The highest BCUT2D eigenvalue weighted by Crippen LogP contribution is 2.35. The Labute approximate surface area is 340 Å². The van der Waals surface area contributed by atoms with Gasteiger partial charge in [-0.3, -0.25) is 9.59 Å². The number of benzene rings is 2. The van der Waals surface area contributed by atoms with Gasteiger partial charge in [-0.05, 0) is 68.4 Å². The van der Waals surface area contributed by atoms with Crippen molar-refractivity contribution in [2.24, 2.45) is 5.92 Å². The molecule has 0 saturated carbocycles. The Hall–Kier alpha value is -6.58. The zero-order valence-electron chi connectivity index (χ0n) is 33.5. The number of halogens is 1. The number of pyridine rings is 1. The number of imidazole rings is 2. The summed E-state index contributed by atoms with van der Waals surface area (Å²) in [7, 11) is 2.52. The summed E-state index contributed by atoms with van der Waals surface area (Å²) in [6.07, 6.45) is 6.89. The Balaban J connectivity index is 1.04. The highest BCUT2D eigenvalue weighted by molar-refractivity contribution is 5.88. The van der Waals surface area contributed by atoms with Gasteiger partial charge in [-0.1, -0.05) is 38.1 Å². The number of nitrogens with one attached hydrogen (secondary N) is 4. The highest BCUT2D eigenvalue weighted by Gasteiger charge is 2.38. The van der Waals surface area contributed by atoms with E-state index in [1.807, 2.05) is 38.1 Å². The van der Waals surface area contributed by atoms with Crippen LogP contribution >= 0.6 is 0 Å². The summed E-state index contributed by atoms with van der Waals surface area (Å²) in [5.74, 6) is 0.214. The Kier molecular flexibility index (Phi) is 12.0. The maximum Gasteiger partial charge on any atom is 0.407 e. The number of H-pyrrole nitrogens is 2. The molecule has 0 radical (unpaired) electrons. The first-order valence-electron chi connectivity index (χ1n) is 19.7. The number of aromatic amines is 2. The normalized spacial score (nSPS) is 17.5. The standard InChI is InChI=1S/C43H48FN9O6/c1-6-9-32(50-42(56)58-4)40(54)52-18-7-10-35(52)38-45-22-33(48-38)26-13-16-30-25(20-26)14-17-31(47-30)28-15-12-27(21-29(28)44)34-23-46-39(49-34)36-11-8-19-53(36)41(55)37(24(2)3)51-43(57)59-5/h6,12-17,20-24,32,35-37H,1,7-11,18-19H2,2-5H3,(H,45,48)(H,46,49)(H,50,56)(H,51,57). The van der Waals surface area contributed by atoms with Crippen LogP contribution in [0.2, 0.25) is 0 Å². The molecule has 2 aliphatic rings. The van der Waals surface area contributed by atoms with Crippen molar-refractivity contribution in [2.75, 3.05) is 27.3 Å². The number of likely N-dealkylation sites (tertiary alicyclic amines) is 2. The fraction of sp³-hybridized carbons (Fsp3) is 0.372. The zero-order valence-corrected chi connectivity index (χ0v) is 33.5. The van der Waals surface area contributed by atoms with Crippen LogP contribution in [0, 0.1) is 11.7 Å². The smallest absolute Gasteiger partial charge is 0.407 e. The molecule has 15 nitrogen and oxygen atoms in total. The van der Waals surface area contributed by atoms with Gasteiger partial charge in [0.15, 0.2) is 0 Å². The molecule has 5 heterocycles. The first-order chi connectivity index (χ1) is 28.5. The average Bonchev–Trinajstić information content (AvgIpc) is 4.08. The molecule has 2 aliphatic heterocycles. The predicted molar refractivity (Wildman–Crippen MR) is 218 cm³/mol. The number of rotatable bonds is 12. The van der Waals surface area contributed by atoms with E-state index in [1.165, 1.54) is 20.3 Å². The Morgan fingerprint density at radius 2 is 1.44 bits per heavy atom. The van der Waals surface area contributed by atoms with Crippen LogP contribution in [0.15, 0.2) is 73.6 Å². The second-order valence-electron chi connectivity index (χ2n) is 15.1. The molecule has 4 unspecified atom stereocenters. The van der Waals surface area contributed by atoms with Gasteiger partial charge in [0.1, 0.15) is 29.5 Å². The molecular weight excluding hydrogens is 758 g/mol. The fourth-order valence-corrected chi connectivity index (χ4v) is 7.94. The molecule has 0 aliphatic carbocycles. The summed E-state index contributed by atoms with van der Waals surface area (Å²) < 4.78 is 25.3. The summed E-state index contributed by atoms with van der Waals surface area (Å²) >= 11 is 0. The van der Waals surface area contributed by atoms with E-state index in [-0.39, 0.29) is 36.2 Å². The Morgan fingerprint density at radius 3 is 2.03 bits per heavy atom. The molecule has 4 amide bonds. The lowest BCUT2D eigenvalue weighted by atomic mass is 10.0. The monoisotopic (exact) mass is 805 g/mol. The highest BCUT2D eigenvalue weighted by atomic mass is 19.1. The number of ether oxygens (including phenoxy) is 2. The summed E-state index contributed by atoms with van der Waals surface area (Å²) in [5, 5.41) is 6.12. The lowest BCUT2D eigenvalue weighted by Gasteiger charge is -2.30. The molecule has 2 aromatic carbocycles. The third-order valence-corrected chi connectivity index (χ3v) is 11.0. The number of nitrogens with zero attached hydrogens (tertiary/aromatic N) is 5. The van der Waals surface area contributed by atoms with Crippen molar-refractivity contribution in [1.82, 2.24) is 45.4 Å². The third-order valence-electron chi connectivity index (χ3n) is 11.0. The van der Waals surface area contributed by atoms with E-state index >= 15 is 4.39 Å². The van der Waals surface area contributed by atoms with Crippen LogP contribution in [0.5, 0.6) is 0 Å². The minimum absolute atomic E-state index is 0.154.